The summed E-state index contributed by atoms with van der Waals surface area (Å²) in [6.45, 7) is 6.62. The normalized spacial score (nSPS) is 15.5. The molecule has 0 N–H and O–H groups in total. The highest BCUT2D eigenvalue weighted by atomic mass is 32.2. The van der Waals surface area contributed by atoms with Gasteiger partial charge in [0, 0.05) is 11.5 Å². The van der Waals surface area contributed by atoms with E-state index in [-0.39, 0.29) is 4.75 Å². The Kier molecular flexibility index (Phi) is 4.46. The molecule has 1 aliphatic heterocycles. The van der Waals surface area contributed by atoms with Crippen LogP contribution in [-0.2, 0) is 4.75 Å². The third-order valence-electron chi connectivity index (χ3n) is 4.87. The predicted molar refractivity (Wildman–Crippen MR) is 113 cm³/mol. The standard InChI is InChI=1S/C24H23NS/c1-17(2)23-25-22-15-14-18(3)16-21(22)24(26-23,19-10-6-4-7-11-19)20-12-8-5-9-13-20/h4-17H,1-3H3. The Morgan fingerprint density at radius 2 is 1.38 bits per heavy atom. The fourth-order valence-corrected chi connectivity index (χ4v) is 5.05. The first-order valence-electron chi connectivity index (χ1n) is 9.11. The summed E-state index contributed by atoms with van der Waals surface area (Å²) >= 11 is 1.89. The molecular weight excluding hydrogens is 334 g/mol. The molecule has 26 heavy (non-hydrogen) atoms. The molecule has 0 unspecified atom stereocenters. The maximum Gasteiger partial charge on any atom is 0.0986 e. The van der Waals surface area contributed by atoms with Crippen LogP contribution in [0, 0.1) is 12.8 Å². The number of aryl methyl sites for hydroxylation is 1. The molecule has 1 heterocycles. The molecule has 0 aliphatic carbocycles. The molecule has 2 heteroatoms. The van der Waals surface area contributed by atoms with Gasteiger partial charge in [-0.3, -0.25) is 0 Å². The number of fused-ring (bicyclic) bond motifs is 1. The number of nitrogens with zero attached hydrogens (tertiary/aromatic N) is 1. The Morgan fingerprint density at radius 3 is 1.92 bits per heavy atom. The lowest BCUT2D eigenvalue weighted by atomic mass is 9.82. The number of thioether (sulfide) groups is 1. The fraction of sp³-hybridized carbons (Fsp3) is 0.208. The van der Waals surface area contributed by atoms with E-state index in [0.29, 0.717) is 5.92 Å². The summed E-state index contributed by atoms with van der Waals surface area (Å²) in [5.74, 6) is 0.390. The highest BCUT2D eigenvalue weighted by Gasteiger charge is 2.43. The van der Waals surface area contributed by atoms with Crippen LogP contribution in [0.5, 0.6) is 0 Å². The average molecular weight is 358 g/mol. The van der Waals surface area contributed by atoms with Crippen molar-refractivity contribution in [3.63, 3.8) is 0 Å². The van der Waals surface area contributed by atoms with Crippen LogP contribution in [0.4, 0.5) is 5.69 Å². The van der Waals surface area contributed by atoms with E-state index in [0.717, 1.165) is 5.69 Å². The van der Waals surface area contributed by atoms with Gasteiger partial charge in [0.25, 0.3) is 0 Å². The van der Waals surface area contributed by atoms with Crippen molar-refractivity contribution in [3.05, 3.63) is 101 Å². The lowest BCUT2D eigenvalue weighted by Crippen LogP contribution is -2.31. The van der Waals surface area contributed by atoms with Gasteiger partial charge in [-0.05, 0) is 24.1 Å². The van der Waals surface area contributed by atoms with Gasteiger partial charge < -0.3 is 0 Å². The summed E-state index contributed by atoms with van der Waals surface area (Å²) in [6, 6.07) is 28.3. The summed E-state index contributed by atoms with van der Waals surface area (Å²) in [7, 11) is 0. The van der Waals surface area contributed by atoms with Gasteiger partial charge in [-0.2, -0.15) is 0 Å². The maximum atomic E-state index is 5.01. The Bertz CT molecular complexity index is 903. The molecule has 0 fully saturated rings. The van der Waals surface area contributed by atoms with Crippen LogP contribution in [-0.4, -0.2) is 5.04 Å². The van der Waals surface area contributed by atoms with Gasteiger partial charge in [-0.25, -0.2) is 4.99 Å². The van der Waals surface area contributed by atoms with Gasteiger partial charge in [-0.1, -0.05) is 104 Å². The van der Waals surface area contributed by atoms with Crippen LogP contribution in [0.2, 0.25) is 0 Å². The molecule has 1 nitrogen and oxygen atoms in total. The molecule has 3 aromatic rings. The van der Waals surface area contributed by atoms with E-state index in [1.807, 2.05) is 11.8 Å². The third-order valence-corrected chi connectivity index (χ3v) is 6.64. The van der Waals surface area contributed by atoms with Crippen molar-refractivity contribution < 1.29 is 0 Å². The quantitative estimate of drug-likeness (QED) is 0.507. The number of hydrogen-bond donors (Lipinski definition) is 0. The number of rotatable bonds is 3. The third kappa shape index (κ3) is 2.79. The first-order chi connectivity index (χ1) is 12.6. The van der Waals surface area contributed by atoms with E-state index < -0.39 is 0 Å². The van der Waals surface area contributed by atoms with E-state index in [9.17, 15) is 0 Å². The summed E-state index contributed by atoms with van der Waals surface area (Å²) in [4.78, 5) is 5.01. The second kappa shape index (κ2) is 6.77. The lowest BCUT2D eigenvalue weighted by molar-refractivity contribution is 0.866. The molecule has 1 aliphatic rings. The Labute approximate surface area is 160 Å². The van der Waals surface area contributed by atoms with E-state index in [2.05, 4.69) is 99.6 Å². The van der Waals surface area contributed by atoms with Crippen molar-refractivity contribution in [1.29, 1.82) is 0 Å². The van der Waals surface area contributed by atoms with Gasteiger partial charge in [0.05, 0.1) is 15.5 Å². The smallest absolute Gasteiger partial charge is 0.0986 e. The minimum Gasteiger partial charge on any atom is -0.246 e. The molecule has 0 atom stereocenters. The fourth-order valence-electron chi connectivity index (χ4n) is 3.57. The first kappa shape index (κ1) is 17.1. The molecule has 0 saturated carbocycles. The van der Waals surface area contributed by atoms with Crippen LogP contribution >= 0.6 is 11.8 Å². The van der Waals surface area contributed by atoms with E-state index in [1.165, 1.54) is 27.3 Å². The summed E-state index contributed by atoms with van der Waals surface area (Å²) in [5.41, 5.74) is 6.24. The van der Waals surface area contributed by atoms with E-state index in [4.69, 9.17) is 4.99 Å². The van der Waals surface area contributed by atoms with Gasteiger partial charge in [-0.15, -0.1) is 0 Å². The second-order valence-electron chi connectivity index (χ2n) is 7.14. The van der Waals surface area contributed by atoms with E-state index in [1.54, 1.807) is 0 Å². The molecule has 0 spiro atoms. The molecule has 130 valence electrons. The second-order valence-corrected chi connectivity index (χ2v) is 8.38. The van der Waals surface area contributed by atoms with Gasteiger partial charge in [0.2, 0.25) is 0 Å². The molecule has 0 amide bonds. The van der Waals surface area contributed by atoms with Crippen molar-refractivity contribution in [2.24, 2.45) is 10.9 Å². The first-order valence-corrected chi connectivity index (χ1v) is 9.92. The van der Waals surface area contributed by atoms with Gasteiger partial charge in [0.15, 0.2) is 0 Å². The minimum atomic E-state index is -0.273. The number of aliphatic imine (C=N–C) groups is 1. The molecule has 0 radical (unpaired) electrons. The maximum absolute atomic E-state index is 5.01. The summed E-state index contributed by atoms with van der Waals surface area (Å²) in [5, 5.41) is 1.19. The zero-order chi connectivity index (χ0) is 18.1. The molecule has 0 aromatic heterocycles. The Hall–Kier alpha value is -2.32. The summed E-state index contributed by atoms with van der Waals surface area (Å²) in [6.07, 6.45) is 0. The van der Waals surface area contributed by atoms with Crippen LogP contribution in [0.25, 0.3) is 0 Å². The number of hydrogen-bond acceptors (Lipinski definition) is 2. The largest absolute Gasteiger partial charge is 0.246 e. The van der Waals surface area contributed by atoms with Gasteiger partial charge >= 0.3 is 0 Å². The minimum absolute atomic E-state index is 0.273. The number of benzene rings is 3. The molecule has 0 bridgehead atoms. The van der Waals surface area contributed by atoms with Crippen LogP contribution < -0.4 is 0 Å². The Balaban J connectivity index is 2.09. The molecular formula is C24H23NS. The molecule has 0 saturated heterocycles. The molecule has 3 aromatic carbocycles. The van der Waals surface area contributed by atoms with Crippen molar-refractivity contribution in [2.45, 2.75) is 25.5 Å². The van der Waals surface area contributed by atoms with Crippen LogP contribution in [0.3, 0.4) is 0 Å². The molecule has 4 rings (SSSR count). The van der Waals surface area contributed by atoms with Crippen molar-refractivity contribution in [3.8, 4) is 0 Å². The predicted octanol–water partition coefficient (Wildman–Crippen LogP) is 6.72. The SMILES string of the molecule is Cc1ccc2c(c1)C(c1ccccc1)(c1ccccc1)SC(C(C)C)=N2. The summed E-state index contributed by atoms with van der Waals surface area (Å²) < 4.78 is -0.273. The van der Waals surface area contributed by atoms with Crippen molar-refractivity contribution in [2.75, 3.05) is 0 Å². The topological polar surface area (TPSA) is 12.4 Å². The van der Waals surface area contributed by atoms with Crippen LogP contribution in [0.15, 0.2) is 83.9 Å². The highest BCUT2D eigenvalue weighted by molar-refractivity contribution is 8.15. The zero-order valence-corrected chi connectivity index (χ0v) is 16.3. The van der Waals surface area contributed by atoms with E-state index >= 15 is 0 Å². The van der Waals surface area contributed by atoms with Crippen molar-refractivity contribution >= 4 is 22.5 Å². The highest BCUT2D eigenvalue weighted by Crippen LogP contribution is 2.55. The van der Waals surface area contributed by atoms with Gasteiger partial charge in [0.1, 0.15) is 0 Å². The zero-order valence-electron chi connectivity index (χ0n) is 15.4. The van der Waals surface area contributed by atoms with Crippen LogP contribution in [0.1, 0.15) is 36.1 Å². The average Bonchev–Trinajstić information content (AvgIpc) is 2.68. The monoisotopic (exact) mass is 357 g/mol. The Morgan fingerprint density at radius 1 is 0.808 bits per heavy atom. The lowest BCUT2D eigenvalue weighted by Gasteiger charge is -2.39. The van der Waals surface area contributed by atoms with Crippen molar-refractivity contribution in [1.82, 2.24) is 0 Å².